The molecule has 1 fully saturated rings. The molecule has 1 aliphatic rings. The van der Waals surface area contributed by atoms with Gasteiger partial charge >= 0.3 is 5.97 Å². The summed E-state index contributed by atoms with van der Waals surface area (Å²) < 4.78 is 0. The fourth-order valence-electron chi connectivity index (χ4n) is 2.55. The monoisotopic (exact) mass is 410 g/mol. The molecular weight excluding hydrogens is 392 g/mol. The largest absolute Gasteiger partial charge is 0.478 e. The van der Waals surface area contributed by atoms with E-state index in [1.54, 1.807) is 13.0 Å². The van der Waals surface area contributed by atoms with Crippen molar-refractivity contribution < 1.29 is 19.5 Å². The second-order valence-electron chi connectivity index (χ2n) is 6.19. The Morgan fingerprint density at radius 3 is 2.59 bits per heavy atom. The lowest BCUT2D eigenvalue weighted by atomic mass is 10.1. The summed E-state index contributed by atoms with van der Waals surface area (Å²) >= 11 is 1.09. The maximum atomic E-state index is 12.5. The number of hydrogen-bond donors (Lipinski definition) is 3. The number of hydrogen-bond acceptors (Lipinski definition) is 6. The van der Waals surface area contributed by atoms with Crippen LogP contribution in [0.15, 0.2) is 64.8 Å². The third-order valence-corrected chi connectivity index (χ3v) is 5.10. The number of aromatic carboxylic acids is 1. The van der Waals surface area contributed by atoms with Gasteiger partial charge in [-0.05, 0) is 30.7 Å². The van der Waals surface area contributed by atoms with E-state index in [0.29, 0.717) is 11.4 Å². The number of anilines is 1. The molecule has 148 valence electrons. The molecule has 0 bridgehead atoms. The second kappa shape index (κ2) is 9.16. The van der Waals surface area contributed by atoms with E-state index in [1.165, 1.54) is 18.2 Å². The zero-order valence-corrected chi connectivity index (χ0v) is 16.3. The van der Waals surface area contributed by atoms with Gasteiger partial charge in [-0.3, -0.25) is 9.59 Å². The Morgan fingerprint density at radius 2 is 1.86 bits per heavy atom. The lowest BCUT2D eigenvalue weighted by Gasteiger charge is -2.21. The minimum absolute atomic E-state index is 0.0183. The molecule has 9 heteroatoms. The third-order valence-electron chi connectivity index (χ3n) is 4.02. The molecule has 1 saturated heterocycles. The second-order valence-corrected chi connectivity index (χ2v) is 7.38. The molecular formula is C20H18N4O4S. The van der Waals surface area contributed by atoms with Gasteiger partial charge < -0.3 is 15.7 Å². The first-order chi connectivity index (χ1) is 13.9. The molecule has 2 aromatic rings. The van der Waals surface area contributed by atoms with E-state index in [1.807, 2.05) is 30.3 Å². The molecule has 2 amide bonds. The third kappa shape index (κ3) is 5.52. The van der Waals surface area contributed by atoms with Gasteiger partial charge in [0, 0.05) is 12.1 Å². The van der Waals surface area contributed by atoms with Gasteiger partial charge in [0.1, 0.15) is 5.25 Å². The summed E-state index contributed by atoms with van der Waals surface area (Å²) in [5, 5.41) is 22.0. The average Bonchev–Trinajstić information content (AvgIpc) is 2.72. The van der Waals surface area contributed by atoms with Gasteiger partial charge in [0.05, 0.1) is 11.3 Å². The molecule has 0 unspecified atom stereocenters. The maximum Gasteiger partial charge on any atom is 0.335 e. The minimum atomic E-state index is -1.09. The first-order valence-electron chi connectivity index (χ1n) is 8.71. The van der Waals surface area contributed by atoms with E-state index in [9.17, 15) is 14.4 Å². The van der Waals surface area contributed by atoms with E-state index in [0.717, 1.165) is 17.3 Å². The van der Waals surface area contributed by atoms with Gasteiger partial charge in [-0.15, -0.1) is 5.10 Å². The van der Waals surface area contributed by atoms with Crippen LogP contribution in [-0.2, 0) is 9.59 Å². The highest BCUT2D eigenvalue weighted by atomic mass is 32.2. The van der Waals surface area contributed by atoms with Gasteiger partial charge in [-0.2, -0.15) is 5.10 Å². The van der Waals surface area contributed by atoms with Crippen molar-refractivity contribution in [3.05, 3.63) is 65.7 Å². The van der Waals surface area contributed by atoms with Crippen LogP contribution >= 0.6 is 11.8 Å². The summed E-state index contributed by atoms with van der Waals surface area (Å²) in [6.07, 6.45) is -0.0183. The van der Waals surface area contributed by atoms with Crippen LogP contribution in [0, 0.1) is 0 Å². The number of benzene rings is 2. The average molecular weight is 410 g/mol. The highest BCUT2D eigenvalue weighted by Gasteiger charge is 2.30. The van der Waals surface area contributed by atoms with Crippen LogP contribution < -0.4 is 10.6 Å². The summed E-state index contributed by atoms with van der Waals surface area (Å²) in [7, 11) is 0. The van der Waals surface area contributed by atoms with Crippen molar-refractivity contribution in [3.8, 4) is 0 Å². The molecule has 0 spiro atoms. The maximum absolute atomic E-state index is 12.5. The van der Waals surface area contributed by atoms with Gasteiger partial charge in [0.25, 0.3) is 0 Å². The lowest BCUT2D eigenvalue weighted by Crippen LogP contribution is -2.41. The van der Waals surface area contributed by atoms with Gasteiger partial charge in [0.15, 0.2) is 5.17 Å². The van der Waals surface area contributed by atoms with Crippen LogP contribution in [0.2, 0.25) is 0 Å². The SMILES string of the molecule is C/C(=N/N=C1\NC(=O)C[C@H](C(=O)Nc2cccc(C(=O)O)c2)S1)c1ccccc1. The zero-order valence-electron chi connectivity index (χ0n) is 15.5. The van der Waals surface area contributed by atoms with Gasteiger partial charge in [0.2, 0.25) is 11.8 Å². The summed E-state index contributed by atoms with van der Waals surface area (Å²) in [4.78, 5) is 35.6. The van der Waals surface area contributed by atoms with Crippen LogP contribution in [0.4, 0.5) is 5.69 Å². The highest BCUT2D eigenvalue weighted by molar-refractivity contribution is 8.15. The predicted octanol–water partition coefficient (Wildman–Crippen LogP) is 2.73. The first kappa shape index (κ1) is 20.3. The van der Waals surface area contributed by atoms with Crippen LogP contribution in [0.1, 0.15) is 29.3 Å². The Hall–Kier alpha value is -3.46. The molecule has 29 heavy (non-hydrogen) atoms. The zero-order chi connectivity index (χ0) is 20.8. The highest BCUT2D eigenvalue weighted by Crippen LogP contribution is 2.23. The molecule has 0 saturated carbocycles. The van der Waals surface area contributed by atoms with Gasteiger partial charge in [-0.1, -0.05) is 48.2 Å². The van der Waals surface area contributed by atoms with Crippen LogP contribution in [0.3, 0.4) is 0 Å². The number of amides is 2. The van der Waals surface area contributed by atoms with E-state index in [-0.39, 0.29) is 23.1 Å². The fourth-order valence-corrected chi connectivity index (χ4v) is 3.48. The van der Waals surface area contributed by atoms with E-state index < -0.39 is 17.1 Å². The van der Waals surface area contributed by atoms with Crippen molar-refractivity contribution >= 4 is 46.1 Å². The number of rotatable bonds is 5. The van der Waals surface area contributed by atoms with E-state index in [4.69, 9.17) is 5.11 Å². The first-order valence-corrected chi connectivity index (χ1v) is 9.59. The fraction of sp³-hybridized carbons (Fsp3) is 0.150. The number of thioether (sulfide) groups is 1. The quantitative estimate of drug-likeness (QED) is 0.517. The van der Waals surface area contributed by atoms with Crippen LogP contribution in [-0.4, -0.2) is 39.0 Å². The van der Waals surface area contributed by atoms with Crippen LogP contribution in [0.5, 0.6) is 0 Å². The summed E-state index contributed by atoms with van der Waals surface area (Å²) in [5.74, 6) is -1.84. The molecule has 0 radical (unpaired) electrons. The van der Waals surface area contributed by atoms with E-state index in [2.05, 4.69) is 20.8 Å². The molecule has 1 atom stereocenters. The predicted molar refractivity (Wildman–Crippen MR) is 112 cm³/mol. The Balaban J connectivity index is 1.70. The number of carbonyl (C=O) groups is 3. The Bertz CT molecular complexity index is 1000. The minimum Gasteiger partial charge on any atom is -0.478 e. The molecule has 1 aliphatic heterocycles. The number of carboxylic acid groups (broad SMARTS) is 1. The van der Waals surface area contributed by atoms with Crippen molar-refractivity contribution in [1.29, 1.82) is 0 Å². The Morgan fingerprint density at radius 1 is 1.14 bits per heavy atom. The van der Waals surface area contributed by atoms with Crippen molar-refractivity contribution in [2.45, 2.75) is 18.6 Å². The molecule has 2 aromatic carbocycles. The van der Waals surface area contributed by atoms with Crippen molar-refractivity contribution in [3.63, 3.8) is 0 Å². The summed E-state index contributed by atoms with van der Waals surface area (Å²) in [6, 6.07) is 15.4. The standard InChI is InChI=1S/C20H18N4O4S/c1-12(13-6-3-2-4-7-13)23-24-20-22-17(25)11-16(29-20)18(26)21-15-9-5-8-14(10-15)19(27)28/h2-10,16H,11H2,1H3,(H,21,26)(H,27,28)(H,22,24,25)/b23-12-/t16-/m1/s1. The van der Waals surface area contributed by atoms with Crippen molar-refractivity contribution in [2.75, 3.05) is 5.32 Å². The number of carbonyl (C=O) groups excluding carboxylic acids is 2. The molecule has 3 rings (SSSR count). The van der Waals surface area contributed by atoms with E-state index >= 15 is 0 Å². The molecule has 8 nitrogen and oxygen atoms in total. The Labute approximate surface area is 171 Å². The molecule has 0 aromatic heterocycles. The molecule has 1 heterocycles. The molecule has 0 aliphatic carbocycles. The van der Waals surface area contributed by atoms with Crippen molar-refractivity contribution in [2.24, 2.45) is 10.2 Å². The molecule has 3 N–H and O–H groups in total. The Kier molecular flexibility index (Phi) is 6.40. The van der Waals surface area contributed by atoms with Crippen molar-refractivity contribution in [1.82, 2.24) is 5.32 Å². The van der Waals surface area contributed by atoms with Gasteiger partial charge in [-0.25, -0.2) is 4.79 Å². The smallest absolute Gasteiger partial charge is 0.335 e. The summed E-state index contributed by atoms with van der Waals surface area (Å²) in [6.45, 7) is 1.80. The summed E-state index contributed by atoms with van der Waals surface area (Å²) in [5.41, 5.74) is 1.98. The number of carboxylic acids is 1. The lowest BCUT2D eigenvalue weighted by molar-refractivity contribution is -0.123. The number of amidine groups is 1. The van der Waals surface area contributed by atoms with Crippen LogP contribution in [0.25, 0.3) is 0 Å². The normalized spacial score (nSPS) is 18.2. The topological polar surface area (TPSA) is 120 Å². The number of nitrogens with zero attached hydrogens (tertiary/aromatic N) is 2. The number of nitrogens with one attached hydrogen (secondary N) is 2.